The summed E-state index contributed by atoms with van der Waals surface area (Å²) in [6, 6.07) is 9.43. The van der Waals surface area contributed by atoms with Crippen LogP contribution >= 0.6 is 23.2 Å². The fourth-order valence-electron chi connectivity index (χ4n) is 3.29. The first-order valence-electron chi connectivity index (χ1n) is 10.1. The van der Waals surface area contributed by atoms with Crippen LogP contribution in [0.4, 0.5) is 5.82 Å². The molecule has 0 unspecified atom stereocenters. The Morgan fingerprint density at radius 3 is 2.34 bits per heavy atom. The Hall–Kier alpha value is -1.95. The molecule has 0 atom stereocenters. The summed E-state index contributed by atoms with van der Waals surface area (Å²) < 4.78 is 0. The summed E-state index contributed by atoms with van der Waals surface area (Å²) in [5, 5.41) is 10.2. The summed E-state index contributed by atoms with van der Waals surface area (Å²) in [6.07, 6.45) is 3.31. The lowest BCUT2D eigenvalue weighted by atomic mass is 10.1. The minimum atomic E-state index is 0.124. The van der Waals surface area contributed by atoms with Gasteiger partial charge in [-0.25, -0.2) is 15.0 Å². The number of anilines is 1. The molecule has 0 spiro atoms. The minimum absolute atomic E-state index is 0.124. The SMILES string of the molecule is CCCN(CCC)c1nc(CCCO)nc2ccc(-c3ccc(Cl)c(Cl)c3)nc12. The van der Waals surface area contributed by atoms with E-state index in [1.807, 2.05) is 24.3 Å². The Morgan fingerprint density at radius 1 is 0.931 bits per heavy atom. The molecule has 2 heterocycles. The molecule has 3 aromatic rings. The molecule has 0 saturated carbocycles. The van der Waals surface area contributed by atoms with E-state index in [0.29, 0.717) is 22.9 Å². The monoisotopic (exact) mass is 432 g/mol. The van der Waals surface area contributed by atoms with Gasteiger partial charge in [-0.3, -0.25) is 0 Å². The molecule has 154 valence electrons. The van der Waals surface area contributed by atoms with E-state index in [2.05, 4.69) is 23.7 Å². The number of aryl methyl sites for hydroxylation is 1. The van der Waals surface area contributed by atoms with Crippen molar-refractivity contribution in [3.63, 3.8) is 0 Å². The van der Waals surface area contributed by atoms with Crippen LogP contribution in [0, 0.1) is 0 Å². The van der Waals surface area contributed by atoms with Crippen molar-refractivity contribution in [1.29, 1.82) is 0 Å². The van der Waals surface area contributed by atoms with E-state index < -0.39 is 0 Å². The molecular weight excluding hydrogens is 407 g/mol. The van der Waals surface area contributed by atoms with E-state index in [9.17, 15) is 5.11 Å². The average molecular weight is 433 g/mol. The summed E-state index contributed by atoms with van der Waals surface area (Å²) in [5.41, 5.74) is 3.29. The summed E-state index contributed by atoms with van der Waals surface area (Å²) in [6.45, 7) is 6.25. The topological polar surface area (TPSA) is 62.1 Å². The van der Waals surface area contributed by atoms with Crippen molar-refractivity contribution in [3.8, 4) is 11.3 Å². The molecule has 0 radical (unpaired) electrons. The van der Waals surface area contributed by atoms with Gasteiger partial charge in [-0.2, -0.15) is 0 Å². The molecule has 1 N–H and O–H groups in total. The van der Waals surface area contributed by atoms with Gasteiger partial charge in [0.05, 0.1) is 21.3 Å². The van der Waals surface area contributed by atoms with Crippen LogP contribution in [0.5, 0.6) is 0 Å². The van der Waals surface area contributed by atoms with Crippen molar-refractivity contribution in [2.45, 2.75) is 39.5 Å². The Bertz CT molecular complexity index is 974. The predicted molar refractivity (Wildman–Crippen MR) is 121 cm³/mol. The van der Waals surface area contributed by atoms with Gasteiger partial charge < -0.3 is 10.0 Å². The molecule has 5 nitrogen and oxygen atoms in total. The standard InChI is InChI=1S/C22H26Cl2N4O/c1-3-11-28(12-4-2)22-21-19(25-20(27-22)6-5-13-29)10-9-18(26-21)15-7-8-16(23)17(24)14-15/h7-10,14,29H,3-6,11-13H2,1-2H3. The first-order valence-corrected chi connectivity index (χ1v) is 10.8. The maximum atomic E-state index is 9.19. The van der Waals surface area contributed by atoms with E-state index in [4.69, 9.17) is 33.2 Å². The minimum Gasteiger partial charge on any atom is -0.396 e. The van der Waals surface area contributed by atoms with Crippen LogP contribution in [-0.4, -0.2) is 39.8 Å². The molecule has 0 aliphatic rings. The Balaban J connectivity index is 2.15. The molecule has 7 heteroatoms. The highest BCUT2D eigenvalue weighted by atomic mass is 35.5. The molecule has 3 rings (SSSR count). The summed E-state index contributed by atoms with van der Waals surface area (Å²) in [7, 11) is 0. The van der Waals surface area contributed by atoms with Gasteiger partial charge in [-0.05, 0) is 43.5 Å². The van der Waals surface area contributed by atoms with E-state index in [-0.39, 0.29) is 6.61 Å². The number of hydrogen-bond donors (Lipinski definition) is 1. The molecular formula is C22H26Cl2N4O. The number of pyridine rings is 1. The lowest BCUT2D eigenvalue weighted by Crippen LogP contribution is -2.27. The zero-order chi connectivity index (χ0) is 20.8. The number of aromatic nitrogens is 3. The van der Waals surface area contributed by atoms with Gasteiger partial charge in [0.25, 0.3) is 0 Å². The normalized spacial score (nSPS) is 11.2. The second kappa shape index (κ2) is 10.2. The first kappa shape index (κ1) is 21.8. The average Bonchev–Trinajstić information content (AvgIpc) is 2.73. The van der Waals surface area contributed by atoms with E-state index in [0.717, 1.165) is 59.9 Å². The highest BCUT2D eigenvalue weighted by Gasteiger charge is 2.16. The molecule has 0 aliphatic carbocycles. The van der Waals surface area contributed by atoms with Crippen molar-refractivity contribution in [3.05, 3.63) is 46.2 Å². The number of aliphatic hydroxyl groups is 1. The smallest absolute Gasteiger partial charge is 0.158 e. The van der Waals surface area contributed by atoms with Gasteiger partial charge in [0.2, 0.25) is 0 Å². The van der Waals surface area contributed by atoms with Crippen LogP contribution in [0.25, 0.3) is 22.3 Å². The summed E-state index contributed by atoms with van der Waals surface area (Å²) in [4.78, 5) is 16.7. The second-order valence-electron chi connectivity index (χ2n) is 6.97. The van der Waals surface area contributed by atoms with Gasteiger partial charge in [0.1, 0.15) is 11.3 Å². The number of hydrogen-bond acceptors (Lipinski definition) is 5. The van der Waals surface area contributed by atoms with E-state index >= 15 is 0 Å². The fraction of sp³-hybridized carbons (Fsp3) is 0.409. The summed E-state index contributed by atoms with van der Waals surface area (Å²) >= 11 is 12.3. The van der Waals surface area contributed by atoms with Crippen LogP contribution in [0.3, 0.4) is 0 Å². The molecule has 0 fully saturated rings. The molecule has 2 aromatic heterocycles. The lowest BCUT2D eigenvalue weighted by molar-refractivity contribution is 0.287. The number of halogens is 2. The first-order chi connectivity index (χ1) is 14.1. The van der Waals surface area contributed by atoms with Crippen LogP contribution in [-0.2, 0) is 6.42 Å². The summed E-state index contributed by atoms with van der Waals surface area (Å²) in [5.74, 6) is 1.59. The largest absolute Gasteiger partial charge is 0.396 e. The molecule has 0 bridgehead atoms. The number of fused-ring (bicyclic) bond motifs is 1. The number of rotatable bonds is 9. The predicted octanol–water partition coefficient (Wildman–Crippen LogP) is 5.55. The van der Waals surface area contributed by atoms with Gasteiger partial charge in [-0.15, -0.1) is 0 Å². The van der Waals surface area contributed by atoms with Gasteiger partial charge in [0.15, 0.2) is 5.82 Å². The Labute approximate surface area is 181 Å². The van der Waals surface area contributed by atoms with Crippen LogP contribution in [0.2, 0.25) is 10.0 Å². The van der Waals surface area contributed by atoms with Crippen molar-refractivity contribution < 1.29 is 5.11 Å². The number of nitrogens with zero attached hydrogens (tertiary/aromatic N) is 4. The van der Waals surface area contributed by atoms with Gasteiger partial charge >= 0.3 is 0 Å². The van der Waals surface area contributed by atoms with Crippen molar-refractivity contribution in [2.24, 2.45) is 0 Å². The van der Waals surface area contributed by atoms with Crippen LogP contribution < -0.4 is 4.90 Å². The third-order valence-electron chi connectivity index (χ3n) is 4.63. The highest BCUT2D eigenvalue weighted by Crippen LogP contribution is 2.30. The quantitative estimate of drug-likeness (QED) is 0.480. The molecule has 0 saturated heterocycles. The van der Waals surface area contributed by atoms with Crippen molar-refractivity contribution in [2.75, 3.05) is 24.6 Å². The number of aliphatic hydroxyl groups excluding tert-OH is 1. The Morgan fingerprint density at radius 2 is 1.69 bits per heavy atom. The molecule has 29 heavy (non-hydrogen) atoms. The number of benzene rings is 1. The van der Waals surface area contributed by atoms with E-state index in [1.165, 1.54) is 0 Å². The molecule has 0 aliphatic heterocycles. The Kier molecular flexibility index (Phi) is 7.64. The third kappa shape index (κ3) is 5.16. The van der Waals surface area contributed by atoms with Crippen molar-refractivity contribution in [1.82, 2.24) is 15.0 Å². The van der Waals surface area contributed by atoms with Crippen LogP contribution in [0.15, 0.2) is 30.3 Å². The molecule has 0 amide bonds. The lowest BCUT2D eigenvalue weighted by Gasteiger charge is -2.24. The van der Waals surface area contributed by atoms with Crippen molar-refractivity contribution >= 4 is 40.1 Å². The van der Waals surface area contributed by atoms with Gasteiger partial charge in [-0.1, -0.05) is 43.1 Å². The zero-order valence-corrected chi connectivity index (χ0v) is 18.3. The third-order valence-corrected chi connectivity index (χ3v) is 5.37. The second-order valence-corrected chi connectivity index (χ2v) is 7.79. The highest BCUT2D eigenvalue weighted by molar-refractivity contribution is 6.42. The van der Waals surface area contributed by atoms with Gasteiger partial charge in [0, 0.05) is 31.7 Å². The maximum Gasteiger partial charge on any atom is 0.158 e. The fourth-order valence-corrected chi connectivity index (χ4v) is 3.59. The zero-order valence-electron chi connectivity index (χ0n) is 16.8. The van der Waals surface area contributed by atoms with E-state index in [1.54, 1.807) is 6.07 Å². The van der Waals surface area contributed by atoms with Crippen LogP contribution in [0.1, 0.15) is 38.9 Å². The molecule has 1 aromatic carbocycles. The maximum absolute atomic E-state index is 9.19.